The maximum atomic E-state index is 12.1. The van der Waals surface area contributed by atoms with Crippen molar-refractivity contribution in [3.63, 3.8) is 0 Å². The number of carbonyl (C=O) groups is 2. The monoisotopic (exact) mass is 393 g/mol. The van der Waals surface area contributed by atoms with Gasteiger partial charge >= 0.3 is 12.0 Å². The minimum absolute atomic E-state index is 0.235. The number of methoxy groups -OCH3 is 1. The Bertz CT molecular complexity index is 615. The molecule has 2 amide bonds. The molecule has 2 N–H and O–H groups in total. The van der Waals surface area contributed by atoms with Crippen molar-refractivity contribution in [3.8, 4) is 0 Å². The zero-order valence-electron chi connectivity index (χ0n) is 13.4. The van der Waals surface area contributed by atoms with Crippen molar-refractivity contribution >= 4 is 27.9 Å². The number of ether oxygens (including phenoxy) is 1. The van der Waals surface area contributed by atoms with Crippen LogP contribution in [0, 0.1) is 0 Å². The van der Waals surface area contributed by atoms with Crippen molar-refractivity contribution in [2.45, 2.75) is 12.5 Å². The van der Waals surface area contributed by atoms with Gasteiger partial charge in [-0.2, -0.15) is 0 Å². The maximum absolute atomic E-state index is 12.1. The highest BCUT2D eigenvalue weighted by Crippen LogP contribution is 2.02. The summed E-state index contributed by atoms with van der Waals surface area (Å²) in [5, 5.41) is 5.90. The Morgan fingerprint density at radius 2 is 2.25 bits per heavy atom. The van der Waals surface area contributed by atoms with Crippen LogP contribution < -0.4 is 10.6 Å². The summed E-state index contributed by atoms with van der Waals surface area (Å²) in [6, 6.07) is 4.01. The second kappa shape index (κ2) is 11.2. The molecule has 1 atom stereocenters. The number of rotatable bonds is 8. The van der Waals surface area contributed by atoms with Gasteiger partial charge in [-0.3, -0.25) is 4.98 Å². The van der Waals surface area contributed by atoms with E-state index in [1.54, 1.807) is 36.6 Å². The second-order valence-corrected chi connectivity index (χ2v) is 5.26. The van der Waals surface area contributed by atoms with Crippen LogP contribution in [0.15, 0.2) is 61.0 Å². The second-order valence-electron chi connectivity index (χ2n) is 4.61. The number of nitrogens with one attached hydrogen (secondary N) is 2. The minimum Gasteiger partial charge on any atom is -0.467 e. The Kier molecular flexibility index (Phi) is 9.14. The Morgan fingerprint density at radius 3 is 2.83 bits per heavy atom. The normalized spacial score (nSPS) is 12.5. The highest BCUT2D eigenvalue weighted by molar-refractivity contribution is 9.09. The summed E-state index contributed by atoms with van der Waals surface area (Å²) >= 11 is 3.26. The molecule has 0 aliphatic rings. The van der Waals surface area contributed by atoms with Crippen LogP contribution in [0.1, 0.15) is 5.69 Å². The number of carbonyl (C=O) groups excluding carboxylic acids is 2. The van der Waals surface area contributed by atoms with Gasteiger partial charge in [0, 0.05) is 29.3 Å². The van der Waals surface area contributed by atoms with Gasteiger partial charge in [0.15, 0.2) is 0 Å². The van der Waals surface area contributed by atoms with Gasteiger partial charge in [0.2, 0.25) is 0 Å². The van der Waals surface area contributed by atoms with Crippen LogP contribution in [0.3, 0.4) is 0 Å². The largest absolute Gasteiger partial charge is 0.467 e. The molecule has 0 unspecified atom stereocenters. The number of allylic oxidation sites excluding steroid dienone is 4. The van der Waals surface area contributed by atoms with Crippen LogP contribution in [-0.2, 0) is 16.0 Å². The molecule has 1 aromatic heterocycles. The van der Waals surface area contributed by atoms with Gasteiger partial charge in [0.25, 0.3) is 0 Å². The molecule has 24 heavy (non-hydrogen) atoms. The van der Waals surface area contributed by atoms with Gasteiger partial charge < -0.3 is 15.4 Å². The van der Waals surface area contributed by atoms with Gasteiger partial charge in [0.1, 0.15) is 6.04 Å². The number of amides is 2. The van der Waals surface area contributed by atoms with E-state index in [1.807, 2.05) is 12.1 Å². The molecule has 1 rings (SSSR count). The molecule has 0 fully saturated rings. The molecule has 128 valence electrons. The lowest BCUT2D eigenvalue weighted by Crippen LogP contribution is -2.47. The molecule has 0 aromatic carbocycles. The van der Waals surface area contributed by atoms with Crippen molar-refractivity contribution in [1.82, 2.24) is 15.6 Å². The highest BCUT2D eigenvalue weighted by atomic mass is 79.9. The number of halogens is 1. The average molecular weight is 394 g/mol. The first-order valence-electron chi connectivity index (χ1n) is 7.21. The fraction of sp³-hybridized carbons (Fsp3) is 0.235. The summed E-state index contributed by atoms with van der Waals surface area (Å²) in [5.41, 5.74) is 1.22. The number of alkyl halides is 1. The van der Waals surface area contributed by atoms with E-state index < -0.39 is 18.0 Å². The molecule has 0 bridgehead atoms. The van der Waals surface area contributed by atoms with Crippen molar-refractivity contribution in [2.75, 3.05) is 12.4 Å². The Balaban J connectivity index is 2.76. The van der Waals surface area contributed by atoms with Gasteiger partial charge in [0.05, 0.1) is 7.11 Å². The van der Waals surface area contributed by atoms with E-state index in [0.29, 0.717) is 16.7 Å². The van der Waals surface area contributed by atoms with Crippen molar-refractivity contribution in [3.05, 3.63) is 66.7 Å². The van der Waals surface area contributed by atoms with Crippen LogP contribution in [-0.4, -0.2) is 35.5 Å². The van der Waals surface area contributed by atoms with E-state index in [2.05, 4.69) is 38.1 Å². The van der Waals surface area contributed by atoms with Gasteiger partial charge in [-0.25, -0.2) is 9.59 Å². The zero-order chi connectivity index (χ0) is 17.8. The predicted molar refractivity (Wildman–Crippen MR) is 96.6 cm³/mol. The lowest BCUT2D eigenvalue weighted by Gasteiger charge is -2.17. The molecule has 1 aromatic rings. The maximum Gasteiger partial charge on any atom is 0.328 e. The first-order valence-corrected chi connectivity index (χ1v) is 8.33. The van der Waals surface area contributed by atoms with Gasteiger partial charge in [-0.05, 0) is 24.3 Å². The number of esters is 1. The zero-order valence-corrected chi connectivity index (χ0v) is 15.0. The van der Waals surface area contributed by atoms with Crippen LogP contribution in [0.5, 0.6) is 0 Å². The third-order valence-corrected chi connectivity index (χ3v) is 3.25. The number of nitrogens with zero attached hydrogens (tertiary/aromatic N) is 1. The Morgan fingerprint density at radius 1 is 1.46 bits per heavy atom. The first-order chi connectivity index (χ1) is 11.6. The molecule has 0 aliphatic heterocycles. The van der Waals surface area contributed by atoms with Crippen LogP contribution in [0.4, 0.5) is 4.79 Å². The fourth-order valence-corrected chi connectivity index (χ4v) is 2.01. The SMILES string of the molecule is C=C/C=C(\C=C/CBr)NC(=O)N[C@H](Cc1ccccn1)C(=O)OC. The standard InChI is InChI=1S/C17H20BrN3O3/c1-3-7-13(9-6-10-18)20-17(23)21-15(16(22)24-2)12-14-8-4-5-11-19-14/h3-9,11,15H,1,10,12H2,2H3,(H2,20,21,23)/b9-6-,13-7+/t15-/m1/s1. The molecular formula is C17H20BrN3O3. The first kappa shape index (κ1) is 19.6. The van der Waals surface area contributed by atoms with E-state index in [9.17, 15) is 9.59 Å². The highest BCUT2D eigenvalue weighted by Gasteiger charge is 2.22. The van der Waals surface area contributed by atoms with Crippen molar-refractivity contribution in [1.29, 1.82) is 0 Å². The van der Waals surface area contributed by atoms with E-state index in [0.717, 1.165) is 0 Å². The van der Waals surface area contributed by atoms with Gasteiger partial charge in [-0.15, -0.1) is 0 Å². The minimum atomic E-state index is -0.838. The summed E-state index contributed by atoms with van der Waals surface area (Å²) < 4.78 is 4.74. The lowest BCUT2D eigenvalue weighted by molar-refractivity contribution is -0.142. The molecule has 0 saturated heterocycles. The average Bonchev–Trinajstić information content (AvgIpc) is 2.59. The molecule has 0 aliphatic carbocycles. The van der Waals surface area contributed by atoms with E-state index in [4.69, 9.17) is 4.74 Å². The Hall–Kier alpha value is -2.41. The van der Waals surface area contributed by atoms with Crippen LogP contribution in [0.2, 0.25) is 0 Å². The van der Waals surface area contributed by atoms with Crippen LogP contribution in [0.25, 0.3) is 0 Å². The van der Waals surface area contributed by atoms with Crippen molar-refractivity contribution in [2.24, 2.45) is 0 Å². The molecule has 0 radical (unpaired) electrons. The predicted octanol–water partition coefficient (Wildman–Crippen LogP) is 2.49. The molecule has 1 heterocycles. The van der Waals surface area contributed by atoms with E-state index in [1.165, 1.54) is 7.11 Å². The molecule has 6 nitrogen and oxygen atoms in total. The molecule has 7 heteroatoms. The van der Waals surface area contributed by atoms with E-state index in [-0.39, 0.29) is 6.42 Å². The third kappa shape index (κ3) is 7.23. The summed E-state index contributed by atoms with van der Waals surface area (Å²) in [6.07, 6.45) is 8.60. The quantitative estimate of drug-likeness (QED) is 0.403. The molecule has 0 spiro atoms. The summed E-state index contributed by atoms with van der Waals surface area (Å²) in [7, 11) is 1.27. The number of hydrogen-bond acceptors (Lipinski definition) is 4. The number of hydrogen-bond donors (Lipinski definition) is 2. The molecular weight excluding hydrogens is 374 g/mol. The third-order valence-electron chi connectivity index (χ3n) is 2.87. The van der Waals surface area contributed by atoms with Crippen molar-refractivity contribution < 1.29 is 14.3 Å². The molecule has 0 saturated carbocycles. The Labute approximate surface area is 149 Å². The summed E-state index contributed by atoms with van der Waals surface area (Å²) in [5.74, 6) is -0.541. The topological polar surface area (TPSA) is 80.3 Å². The smallest absolute Gasteiger partial charge is 0.328 e. The lowest BCUT2D eigenvalue weighted by atomic mass is 10.1. The summed E-state index contributed by atoms with van der Waals surface area (Å²) in [6.45, 7) is 3.60. The number of urea groups is 1. The number of aromatic nitrogens is 1. The van der Waals surface area contributed by atoms with Crippen LogP contribution >= 0.6 is 15.9 Å². The fourth-order valence-electron chi connectivity index (χ4n) is 1.83. The van der Waals surface area contributed by atoms with E-state index >= 15 is 0 Å². The number of pyridine rings is 1. The summed E-state index contributed by atoms with van der Waals surface area (Å²) in [4.78, 5) is 28.2. The van der Waals surface area contributed by atoms with Gasteiger partial charge in [-0.1, -0.05) is 40.7 Å².